The Morgan fingerprint density at radius 1 is 1.44 bits per heavy atom. The van der Waals surface area contributed by atoms with Crippen molar-refractivity contribution < 1.29 is 9.59 Å². The molecule has 1 aliphatic heterocycles. The smallest absolute Gasteiger partial charge is 0.223 e. The Hall–Kier alpha value is -0.550. The fourth-order valence-corrected chi connectivity index (χ4v) is 3.70. The molecule has 1 aliphatic carbocycles. The lowest BCUT2D eigenvalue weighted by atomic mass is 9.90. The van der Waals surface area contributed by atoms with Gasteiger partial charge in [-0.3, -0.25) is 9.59 Å². The molecule has 2 N–H and O–H groups in total. The first-order valence-electron chi connectivity index (χ1n) is 6.76. The molecular formula is C13H22N2O2S. The minimum Gasteiger partial charge on any atom is -0.338 e. The number of thioether (sulfide) groups is 1. The number of nitrogens with zero attached hydrogens (tertiary/aromatic N) is 1. The third kappa shape index (κ3) is 3.26. The van der Waals surface area contributed by atoms with Crippen molar-refractivity contribution in [2.45, 2.75) is 51.1 Å². The molecule has 0 aromatic rings. The number of carbonyl (C=O) groups is 2. The standard InChI is InChI=1S/C13H22N2O2S/c1-9(16)18-8-10-6-13(17)15(7-10)12-5-3-2-4-11(12)14/h10-12H,2-8,14H2,1H3. The predicted molar refractivity (Wildman–Crippen MR) is 73.2 cm³/mol. The Balaban J connectivity index is 1.90. The Morgan fingerprint density at radius 3 is 2.83 bits per heavy atom. The van der Waals surface area contributed by atoms with Crippen molar-refractivity contribution in [3.63, 3.8) is 0 Å². The minimum absolute atomic E-state index is 0.135. The zero-order valence-electron chi connectivity index (χ0n) is 10.9. The molecule has 0 bridgehead atoms. The van der Waals surface area contributed by atoms with Gasteiger partial charge < -0.3 is 10.6 Å². The molecule has 0 spiro atoms. The Labute approximate surface area is 113 Å². The molecule has 2 fully saturated rings. The molecule has 0 aromatic carbocycles. The summed E-state index contributed by atoms with van der Waals surface area (Å²) in [4.78, 5) is 25.0. The average Bonchev–Trinajstić information content (AvgIpc) is 2.69. The van der Waals surface area contributed by atoms with Crippen molar-refractivity contribution in [1.82, 2.24) is 4.90 Å². The van der Waals surface area contributed by atoms with Crippen LogP contribution < -0.4 is 5.73 Å². The predicted octanol–water partition coefficient (Wildman–Crippen LogP) is 1.38. The summed E-state index contributed by atoms with van der Waals surface area (Å²) in [5.74, 6) is 1.31. The Kier molecular flexibility index (Phi) is 4.67. The minimum atomic E-state index is 0.135. The third-order valence-electron chi connectivity index (χ3n) is 3.94. The molecule has 1 saturated heterocycles. The van der Waals surface area contributed by atoms with E-state index in [1.165, 1.54) is 24.6 Å². The summed E-state index contributed by atoms with van der Waals surface area (Å²) < 4.78 is 0. The van der Waals surface area contributed by atoms with Crippen LogP contribution in [-0.4, -0.2) is 40.3 Å². The van der Waals surface area contributed by atoms with Gasteiger partial charge in [0.25, 0.3) is 0 Å². The SMILES string of the molecule is CC(=O)SCC1CC(=O)N(C2CCCCC2N)C1. The summed E-state index contributed by atoms with van der Waals surface area (Å²) in [7, 11) is 0. The van der Waals surface area contributed by atoms with Gasteiger partial charge in [-0.1, -0.05) is 24.6 Å². The van der Waals surface area contributed by atoms with Crippen LogP contribution in [0.25, 0.3) is 0 Å². The van der Waals surface area contributed by atoms with E-state index < -0.39 is 0 Å². The van der Waals surface area contributed by atoms with Crippen molar-refractivity contribution in [3.8, 4) is 0 Å². The van der Waals surface area contributed by atoms with Crippen molar-refractivity contribution in [2.24, 2.45) is 11.7 Å². The largest absolute Gasteiger partial charge is 0.338 e. The number of likely N-dealkylation sites (tertiary alicyclic amines) is 1. The van der Waals surface area contributed by atoms with E-state index >= 15 is 0 Å². The second kappa shape index (κ2) is 6.06. The third-order valence-corrected chi connectivity index (χ3v) is 4.99. The number of rotatable bonds is 3. The Morgan fingerprint density at radius 2 is 2.17 bits per heavy atom. The zero-order chi connectivity index (χ0) is 13.1. The first-order chi connectivity index (χ1) is 8.58. The highest BCUT2D eigenvalue weighted by Crippen LogP contribution is 2.29. The highest BCUT2D eigenvalue weighted by molar-refractivity contribution is 8.13. The van der Waals surface area contributed by atoms with Gasteiger partial charge in [0.1, 0.15) is 0 Å². The molecule has 1 saturated carbocycles. The molecule has 102 valence electrons. The molecule has 18 heavy (non-hydrogen) atoms. The van der Waals surface area contributed by atoms with E-state index in [0.717, 1.165) is 25.1 Å². The lowest BCUT2D eigenvalue weighted by molar-refractivity contribution is -0.130. The molecular weight excluding hydrogens is 248 g/mol. The molecule has 3 atom stereocenters. The summed E-state index contributed by atoms with van der Waals surface area (Å²) in [6.45, 7) is 2.37. The number of amides is 1. The van der Waals surface area contributed by atoms with E-state index in [1.54, 1.807) is 6.92 Å². The van der Waals surface area contributed by atoms with Crippen LogP contribution in [0.4, 0.5) is 0 Å². The topological polar surface area (TPSA) is 63.4 Å². The fraction of sp³-hybridized carbons (Fsp3) is 0.846. The van der Waals surface area contributed by atoms with Gasteiger partial charge in [0.05, 0.1) is 0 Å². The maximum atomic E-state index is 12.1. The van der Waals surface area contributed by atoms with Gasteiger partial charge in [0.15, 0.2) is 5.12 Å². The first kappa shape index (κ1) is 13.9. The van der Waals surface area contributed by atoms with E-state index in [-0.39, 0.29) is 23.1 Å². The molecule has 5 heteroatoms. The number of carbonyl (C=O) groups excluding carboxylic acids is 2. The van der Waals surface area contributed by atoms with Gasteiger partial charge in [-0.25, -0.2) is 0 Å². The van der Waals surface area contributed by atoms with E-state index in [2.05, 4.69) is 0 Å². The van der Waals surface area contributed by atoms with Crippen LogP contribution in [-0.2, 0) is 9.59 Å². The molecule has 2 rings (SSSR count). The summed E-state index contributed by atoms with van der Waals surface area (Å²) in [6, 6.07) is 0.375. The second-order valence-corrected chi connectivity index (χ2v) is 6.63. The molecule has 0 radical (unpaired) electrons. The normalized spacial score (nSPS) is 32.9. The van der Waals surface area contributed by atoms with Crippen LogP contribution in [0.2, 0.25) is 0 Å². The van der Waals surface area contributed by atoms with E-state index in [0.29, 0.717) is 12.3 Å². The zero-order valence-corrected chi connectivity index (χ0v) is 11.7. The summed E-state index contributed by atoms with van der Waals surface area (Å²) in [5, 5.41) is 0.135. The van der Waals surface area contributed by atoms with Gasteiger partial charge in [-0.15, -0.1) is 0 Å². The van der Waals surface area contributed by atoms with Crippen LogP contribution in [0.15, 0.2) is 0 Å². The van der Waals surface area contributed by atoms with Crippen molar-refractivity contribution in [3.05, 3.63) is 0 Å². The van der Waals surface area contributed by atoms with Crippen LogP contribution >= 0.6 is 11.8 Å². The monoisotopic (exact) mass is 270 g/mol. The summed E-state index contributed by atoms with van der Waals surface area (Å²) in [5.41, 5.74) is 6.14. The van der Waals surface area contributed by atoms with Crippen molar-refractivity contribution in [2.75, 3.05) is 12.3 Å². The van der Waals surface area contributed by atoms with Crippen LogP contribution in [0.1, 0.15) is 39.0 Å². The van der Waals surface area contributed by atoms with Gasteiger partial charge >= 0.3 is 0 Å². The number of hydrogen-bond acceptors (Lipinski definition) is 4. The molecule has 3 unspecified atom stereocenters. The van der Waals surface area contributed by atoms with E-state index in [1.807, 2.05) is 4.90 Å². The molecule has 4 nitrogen and oxygen atoms in total. The number of nitrogens with two attached hydrogens (primary N) is 1. The van der Waals surface area contributed by atoms with Gasteiger partial charge in [-0.2, -0.15) is 0 Å². The van der Waals surface area contributed by atoms with E-state index in [4.69, 9.17) is 5.73 Å². The summed E-state index contributed by atoms with van der Waals surface area (Å²) >= 11 is 1.33. The van der Waals surface area contributed by atoms with Crippen molar-refractivity contribution >= 4 is 22.8 Å². The molecule has 1 amide bonds. The fourth-order valence-electron chi connectivity index (χ4n) is 3.00. The Bertz CT molecular complexity index is 335. The maximum Gasteiger partial charge on any atom is 0.223 e. The number of hydrogen-bond donors (Lipinski definition) is 1. The van der Waals surface area contributed by atoms with Crippen LogP contribution in [0.5, 0.6) is 0 Å². The van der Waals surface area contributed by atoms with E-state index in [9.17, 15) is 9.59 Å². The van der Waals surface area contributed by atoms with Gasteiger partial charge in [-0.05, 0) is 18.8 Å². The molecule has 2 aliphatic rings. The highest BCUT2D eigenvalue weighted by atomic mass is 32.2. The lowest BCUT2D eigenvalue weighted by Gasteiger charge is -2.36. The molecule has 1 heterocycles. The first-order valence-corrected chi connectivity index (χ1v) is 7.75. The van der Waals surface area contributed by atoms with Gasteiger partial charge in [0.2, 0.25) is 5.91 Å². The summed E-state index contributed by atoms with van der Waals surface area (Å²) in [6.07, 6.45) is 5.02. The quantitative estimate of drug-likeness (QED) is 0.841. The highest BCUT2D eigenvalue weighted by Gasteiger charge is 2.37. The average molecular weight is 270 g/mol. The molecule has 0 aromatic heterocycles. The second-order valence-electron chi connectivity index (χ2n) is 5.43. The van der Waals surface area contributed by atoms with Crippen molar-refractivity contribution in [1.29, 1.82) is 0 Å². The lowest BCUT2D eigenvalue weighted by Crippen LogP contribution is -2.50. The van der Waals surface area contributed by atoms with Crippen LogP contribution in [0, 0.1) is 5.92 Å². The van der Waals surface area contributed by atoms with Crippen LogP contribution in [0.3, 0.4) is 0 Å². The van der Waals surface area contributed by atoms with Gasteiger partial charge in [0, 0.05) is 37.7 Å². The maximum absolute atomic E-state index is 12.1.